The minimum Gasteiger partial charge on any atom is -0.497 e. The predicted molar refractivity (Wildman–Crippen MR) is 91.2 cm³/mol. The van der Waals surface area contributed by atoms with Gasteiger partial charge in [0.05, 0.1) is 19.1 Å². The topological polar surface area (TPSA) is 70.5 Å². The van der Waals surface area contributed by atoms with E-state index in [-0.39, 0.29) is 5.97 Å². The van der Waals surface area contributed by atoms with Crippen molar-refractivity contribution in [1.82, 2.24) is 9.97 Å². The average molecular weight is 344 g/mol. The lowest BCUT2D eigenvalue weighted by atomic mass is 10.2. The van der Waals surface area contributed by atoms with Crippen LogP contribution in [0.1, 0.15) is 22.2 Å². The molecular weight excluding hydrogens is 328 g/mol. The molecule has 1 aromatic carbocycles. The maximum absolute atomic E-state index is 12.1. The molecule has 3 rings (SSSR count). The summed E-state index contributed by atoms with van der Waals surface area (Å²) in [4.78, 5) is 21.7. The number of rotatable bonds is 5. The van der Waals surface area contributed by atoms with Crippen LogP contribution in [0, 0.1) is 6.92 Å². The SMILES string of the molecule is CCOC(=O)c1sc2ncnc(Oc3ccc(OC)cc3)c2c1C. The molecule has 0 N–H and O–H groups in total. The van der Waals surface area contributed by atoms with Crippen molar-refractivity contribution in [2.75, 3.05) is 13.7 Å². The summed E-state index contributed by atoms with van der Waals surface area (Å²) in [7, 11) is 1.61. The first kappa shape index (κ1) is 16.2. The number of thiophene rings is 1. The van der Waals surface area contributed by atoms with Gasteiger partial charge in [-0.3, -0.25) is 0 Å². The predicted octanol–water partition coefficient (Wildman–Crippen LogP) is 3.98. The summed E-state index contributed by atoms with van der Waals surface area (Å²) < 4.78 is 16.1. The quantitative estimate of drug-likeness (QED) is 0.652. The standard InChI is InChI=1S/C17H16N2O4S/c1-4-22-17(20)14-10(2)13-15(18-9-19-16(13)24-14)23-12-7-5-11(21-3)6-8-12/h5-9H,4H2,1-3H3. The zero-order valence-corrected chi connectivity index (χ0v) is 14.3. The molecule has 6 nitrogen and oxygen atoms in total. The molecular formula is C17H16N2O4S. The monoisotopic (exact) mass is 344 g/mol. The Labute approximate surface area is 143 Å². The van der Waals surface area contributed by atoms with E-state index in [1.165, 1.54) is 17.7 Å². The number of methoxy groups -OCH3 is 1. The van der Waals surface area contributed by atoms with Crippen molar-refractivity contribution < 1.29 is 19.0 Å². The molecule has 0 radical (unpaired) electrons. The third-order valence-electron chi connectivity index (χ3n) is 3.43. The highest BCUT2D eigenvalue weighted by molar-refractivity contribution is 7.20. The van der Waals surface area contributed by atoms with Crippen LogP contribution in [-0.2, 0) is 4.74 Å². The van der Waals surface area contributed by atoms with Gasteiger partial charge in [-0.1, -0.05) is 0 Å². The Hall–Kier alpha value is -2.67. The second-order valence-corrected chi connectivity index (χ2v) is 5.91. The van der Waals surface area contributed by atoms with Crippen molar-refractivity contribution in [2.24, 2.45) is 0 Å². The number of aromatic nitrogens is 2. The van der Waals surface area contributed by atoms with Gasteiger partial charge in [0.15, 0.2) is 0 Å². The summed E-state index contributed by atoms with van der Waals surface area (Å²) in [6.07, 6.45) is 1.42. The van der Waals surface area contributed by atoms with E-state index in [4.69, 9.17) is 14.2 Å². The number of ether oxygens (including phenoxy) is 3. The van der Waals surface area contributed by atoms with E-state index in [1.807, 2.05) is 6.92 Å². The molecule has 0 saturated heterocycles. The van der Waals surface area contributed by atoms with Gasteiger partial charge in [-0.2, -0.15) is 0 Å². The molecule has 24 heavy (non-hydrogen) atoms. The van der Waals surface area contributed by atoms with Crippen LogP contribution in [-0.4, -0.2) is 29.7 Å². The molecule has 0 aliphatic heterocycles. The summed E-state index contributed by atoms with van der Waals surface area (Å²) in [5, 5.41) is 0.723. The fourth-order valence-electron chi connectivity index (χ4n) is 2.26. The van der Waals surface area contributed by atoms with Gasteiger partial charge < -0.3 is 14.2 Å². The van der Waals surface area contributed by atoms with E-state index in [0.717, 1.165) is 16.7 Å². The molecule has 0 fully saturated rings. The third kappa shape index (κ3) is 3.03. The Morgan fingerprint density at radius 3 is 2.54 bits per heavy atom. The highest BCUT2D eigenvalue weighted by Gasteiger charge is 2.21. The number of hydrogen-bond donors (Lipinski definition) is 0. The van der Waals surface area contributed by atoms with E-state index < -0.39 is 0 Å². The Kier molecular flexibility index (Phi) is 4.61. The van der Waals surface area contributed by atoms with Crippen LogP contribution in [0.25, 0.3) is 10.2 Å². The number of fused-ring (bicyclic) bond motifs is 1. The van der Waals surface area contributed by atoms with Gasteiger partial charge in [0.1, 0.15) is 27.5 Å². The lowest BCUT2D eigenvalue weighted by Crippen LogP contribution is -2.03. The first-order valence-corrected chi connectivity index (χ1v) is 8.18. The second kappa shape index (κ2) is 6.84. The van der Waals surface area contributed by atoms with E-state index in [1.54, 1.807) is 38.3 Å². The minimum absolute atomic E-state index is 0.327. The number of benzene rings is 1. The smallest absolute Gasteiger partial charge is 0.348 e. The van der Waals surface area contributed by atoms with Crippen molar-refractivity contribution in [1.29, 1.82) is 0 Å². The minimum atomic E-state index is -0.353. The number of carbonyl (C=O) groups excluding carboxylic acids is 1. The lowest BCUT2D eigenvalue weighted by molar-refractivity contribution is 0.0531. The van der Waals surface area contributed by atoms with Crippen molar-refractivity contribution in [2.45, 2.75) is 13.8 Å². The van der Waals surface area contributed by atoms with Crippen LogP contribution < -0.4 is 9.47 Å². The summed E-state index contributed by atoms with van der Waals surface area (Å²) in [6.45, 7) is 3.95. The van der Waals surface area contributed by atoms with Crippen LogP contribution in [0.15, 0.2) is 30.6 Å². The van der Waals surface area contributed by atoms with Crippen LogP contribution >= 0.6 is 11.3 Å². The van der Waals surface area contributed by atoms with Gasteiger partial charge in [0, 0.05) is 0 Å². The van der Waals surface area contributed by atoms with E-state index in [2.05, 4.69) is 9.97 Å². The summed E-state index contributed by atoms with van der Waals surface area (Å²) in [5.74, 6) is 1.42. The van der Waals surface area contributed by atoms with E-state index in [9.17, 15) is 4.79 Å². The molecule has 0 bridgehead atoms. The first-order valence-electron chi connectivity index (χ1n) is 7.37. The van der Waals surface area contributed by atoms with Gasteiger partial charge >= 0.3 is 5.97 Å². The molecule has 0 aliphatic rings. The normalized spacial score (nSPS) is 10.6. The molecule has 0 amide bonds. The largest absolute Gasteiger partial charge is 0.497 e. The van der Waals surface area contributed by atoms with E-state index >= 15 is 0 Å². The van der Waals surface area contributed by atoms with Crippen molar-refractivity contribution in [3.63, 3.8) is 0 Å². The molecule has 0 atom stereocenters. The average Bonchev–Trinajstić information content (AvgIpc) is 2.94. The molecule has 0 aliphatic carbocycles. The number of nitrogens with zero attached hydrogens (tertiary/aromatic N) is 2. The van der Waals surface area contributed by atoms with Crippen molar-refractivity contribution in [3.05, 3.63) is 41.0 Å². The van der Waals surface area contributed by atoms with Crippen molar-refractivity contribution >= 4 is 27.5 Å². The zero-order valence-electron chi connectivity index (χ0n) is 13.5. The Morgan fingerprint density at radius 2 is 1.88 bits per heavy atom. The molecule has 2 heterocycles. The van der Waals surface area contributed by atoms with Crippen molar-refractivity contribution in [3.8, 4) is 17.4 Å². The fraction of sp³-hybridized carbons (Fsp3) is 0.235. The van der Waals surface area contributed by atoms with Gasteiger partial charge in [0.25, 0.3) is 0 Å². The van der Waals surface area contributed by atoms with Gasteiger partial charge in [-0.25, -0.2) is 14.8 Å². The molecule has 2 aromatic heterocycles. The van der Waals surface area contributed by atoms with Crippen LogP contribution in [0.4, 0.5) is 0 Å². The third-order valence-corrected chi connectivity index (χ3v) is 4.61. The fourth-order valence-corrected chi connectivity index (χ4v) is 3.30. The van der Waals surface area contributed by atoms with Crippen LogP contribution in [0.2, 0.25) is 0 Å². The number of hydrogen-bond acceptors (Lipinski definition) is 7. The maximum atomic E-state index is 12.1. The Morgan fingerprint density at radius 1 is 1.17 bits per heavy atom. The first-order chi connectivity index (χ1) is 11.6. The molecule has 124 valence electrons. The highest BCUT2D eigenvalue weighted by atomic mass is 32.1. The molecule has 0 spiro atoms. The second-order valence-electron chi connectivity index (χ2n) is 4.91. The molecule has 0 unspecified atom stereocenters. The lowest BCUT2D eigenvalue weighted by Gasteiger charge is -2.07. The summed E-state index contributed by atoms with van der Waals surface area (Å²) in [5.41, 5.74) is 0.762. The zero-order chi connectivity index (χ0) is 17.1. The van der Waals surface area contributed by atoms with E-state index in [0.29, 0.717) is 27.9 Å². The molecule has 0 saturated carbocycles. The number of aryl methyl sites for hydroxylation is 1. The highest BCUT2D eigenvalue weighted by Crippen LogP contribution is 2.36. The van der Waals surface area contributed by atoms with Gasteiger partial charge in [0.2, 0.25) is 5.88 Å². The molecule has 3 aromatic rings. The molecule has 7 heteroatoms. The number of esters is 1. The Bertz CT molecular complexity index is 874. The maximum Gasteiger partial charge on any atom is 0.348 e. The summed E-state index contributed by atoms with van der Waals surface area (Å²) >= 11 is 1.28. The number of carbonyl (C=O) groups is 1. The van der Waals surface area contributed by atoms with Crippen LogP contribution in [0.3, 0.4) is 0 Å². The van der Waals surface area contributed by atoms with Gasteiger partial charge in [-0.15, -0.1) is 11.3 Å². The summed E-state index contributed by atoms with van der Waals surface area (Å²) in [6, 6.07) is 7.19. The van der Waals surface area contributed by atoms with Crippen LogP contribution in [0.5, 0.6) is 17.4 Å². The Balaban J connectivity index is 2.00. The van der Waals surface area contributed by atoms with Gasteiger partial charge in [-0.05, 0) is 43.7 Å².